The summed E-state index contributed by atoms with van der Waals surface area (Å²) in [4.78, 5) is 33.5. The second-order valence-electron chi connectivity index (χ2n) is 8.62. The molecule has 0 N–H and O–H groups in total. The minimum absolute atomic E-state index is 0.0896. The van der Waals surface area contributed by atoms with Gasteiger partial charge in [0, 0.05) is 30.6 Å². The number of aromatic nitrogens is 2. The first kappa shape index (κ1) is 26.1. The number of Topliss-reactive ketones (excluding diaryl/α,β-unsaturated/α-hetero) is 1. The van der Waals surface area contributed by atoms with Crippen molar-refractivity contribution in [1.82, 2.24) is 9.97 Å². The third kappa shape index (κ3) is 6.65. The molecular formula is C22H29FN2O5S2. The molecule has 1 unspecified atom stereocenters. The summed E-state index contributed by atoms with van der Waals surface area (Å²) < 4.78 is 45.4. The molecule has 176 valence electrons. The average Bonchev–Trinajstić information content (AvgIpc) is 3.20. The summed E-state index contributed by atoms with van der Waals surface area (Å²) in [7, 11) is -3.61. The van der Waals surface area contributed by atoms with Crippen molar-refractivity contribution >= 4 is 32.9 Å². The number of pyridine rings is 1. The number of sulfone groups is 1. The first-order valence-electron chi connectivity index (χ1n) is 10.3. The molecule has 0 spiro atoms. The minimum atomic E-state index is -3.61. The van der Waals surface area contributed by atoms with Crippen LogP contribution in [0.4, 0.5) is 4.39 Å². The fraction of sp³-hybridized carbons (Fsp3) is 0.545. The van der Waals surface area contributed by atoms with Gasteiger partial charge in [-0.1, -0.05) is 0 Å². The van der Waals surface area contributed by atoms with E-state index in [9.17, 15) is 18.0 Å². The summed E-state index contributed by atoms with van der Waals surface area (Å²) in [6, 6.07) is 3.43. The van der Waals surface area contributed by atoms with Gasteiger partial charge in [0.2, 0.25) is 0 Å². The predicted octanol–water partition coefficient (Wildman–Crippen LogP) is 3.38. The molecule has 10 heteroatoms. The highest BCUT2D eigenvalue weighted by Gasteiger charge is 2.49. The Balaban J connectivity index is 2.34. The van der Waals surface area contributed by atoms with Gasteiger partial charge in [0.25, 0.3) is 5.67 Å². The minimum Gasteiger partial charge on any atom is -0.463 e. The molecule has 2 atom stereocenters. The van der Waals surface area contributed by atoms with Gasteiger partial charge in [0.05, 0.1) is 28.3 Å². The Morgan fingerprint density at radius 3 is 2.41 bits per heavy atom. The summed E-state index contributed by atoms with van der Waals surface area (Å²) in [5.41, 5.74) is -0.437. The van der Waals surface area contributed by atoms with Gasteiger partial charge in [-0.15, -0.1) is 11.3 Å². The normalized spacial score (nSPS) is 15.0. The van der Waals surface area contributed by atoms with Gasteiger partial charge in [-0.2, -0.15) is 0 Å². The lowest BCUT2D eigenvalue weighted by Crippen LogP contribution is -2.47. The number of halogens is 1. The number of thiazole rings is 1. The van der Waals surface area contributed by atoms with E-state index in [1.165, 1.54) is 23.8 Å². The number of rotatable bonds is 11. The largest absolute Gasteiger partial charge is 0.463 e. The van der Waals surface area contributed by atoms with Crippen LogP contribution >= 0.6 is 11.3 Å². The first-order valence-corrected chi connectivity index (χ1v) is 12.9. The molecule has 0 amide bonds. The molecule has 0 aliphatic rings. The van der Waals surface area contributed by atoms with Gasteiger partial charge in [-0.05, 0) is 57.7 Å². The van der Waals surface area contributed by atoms with E-state index in [-0.39, 0.29) is 24.5 Å². The van der Waals surface area contributed by atoms with E-state index < -0.39 is 50.8 Å². The Labute approximate surface area is 192 Å². The molecule has 0 fully saturated rings. The van der Waals surface area contributed by atoms with Crippen molar-refractivity contribution in [3.05, 3.63) is 46.7 Å². The lowest BCUT2D eigenvalue weighted by atomic mass is 9.87. The molecular weight excluding hydrogens is 455 g/mol. The smallest absolute Gasteiger partial charge is 0.352 e. The van der Waals surface area contributed by atoms with Crippen LogP contribution in [0.25, 0.3) is 0 Å². The van der Waals surface area contributed by atoms with Crippen LogP contribution < -0.4 is 0 Å². The van der Waals surface area contributed by atoms with Gasteiger partial charge in [0.1, 0.15) is 0 Å². The van der Waals surface area contributed by atoms with Crippen LogP contribution in [0.3, 0.4) is 0 Å². The molecule has 0 aliphatic heterocycles. The van der Waals surface area contributed by atoms with Crippen molar-refractivity contribution in [2.24, 2.45) is 5.92 Å². The van der Waals surface area contributed by atoms with Crippen molar-refractivity contribution in [2.75, 3.05) is 12.4 Å². The lowest BCUT2D eigenvalue weighted by Gasteiger charge is -2.26. The van der Waals surface area contributed by atoms with E-state index in [0.717, 1.165) is 5.56 Å². The molecule has 0 aliphatic carbocycles. The molecule has 32 heavy (non-hydrogen) atoms. The molecule has 0 saturated carbocycles. The molecule has 2 aromatic rings. The fourth-order valence-electron chi connectivity index (χ4n) is 3.13. The number of carbonyl (C=O) groups is 2. The Morgan fingerprint density at radius 2 is 1.88 bits per heavy atom. The maximum atomic E-state index is 15.9. The highest BCUT2D eigenvalue weighted by atomic mass is 32.2. The molecule has 7 nitrogen and oxygen atoms in total. The molecule has 2 heterocycles. The van der Waals surface area contributed by atoms with Crippen LogP contribution in [0, 0.1) is 5.92 Å². The van der Waals surface area contributed by atoms with Crippen LogP contribution in [0.1, 0.15) is 45.4 Å². The van der Waals surface area contributed by atoms with E-state index in [2.05, 4.69) is 9.97 Å². The molecule has 0 radical (unpaired) electrons. The maximum absolute atomic E-state index is 15.9. The Kier molecular flexibility index (Phi) is 8.64. The van der Waals surface area contributed by atoms with E-state index in [4.69, 9.17) is 4.74 Å². The number of alkyl halides is 1. The third-order valence-corrected chi connectivity index (χ3v) is 8.50. The van der Waals surface area contributed by atoms with Crippen LogP contribution in [-0.2, 0) is 37.0 Å². The third-order valence-electron chi connectivity index (χ3n) is 5.09. The summed E-state index contributed by atoms with van der Waals surface area (Å²) in [5.74, 6) is -3.33. The standard InChI is InChI=1S/C22H29FN2O5S2/c1-5-30-20(27)22(23,12-18-13-31-15-25-18)19(26)11-17(10-16-6-8-24-9-7-16)14-32(28,29)21(2,3)4/h6-9,13,15,17H,5,10-12,14H2,1-4H3/t17-,22?/m0/s1. The second-order valence-corrected chi connectivity index (χ2v) is 12.1. The van der Waals surface area contributed by atoms with Crippen LogP contribution in [0.15, 0.2) is 35.4 Å². The lowest BCUT2D eigenvalue weighted by molar-refractivity contribution is -0.162. The number of ketones is 1. The number of carbonyl (C=O) groups excluding carboxylic acids is 2. The SMILES string of the molecule is CCOC(=O)C(F)(Cc1cscn1)C(=O)C[C@H](Cc1ccncc1)CS(=O)(=O)C(C)(C)C. The van der Waals surface area contributed by atoms with Gasteiger partial charge in [0.15, 0.2) is 15.6 Å². The predicted molar refractivity (Wildman–Crippen MR) is 121 cm³/mol. The molecule has 0 saturated heterocycles. The van der Waals surface area contributed by atoms with Crippen LogP contribution in [-0.4, -0.2) is 52.9 Å². The number of hydrogen-bond donors (Lipinski definition) is 0. The van der Waals surface area contributed by atoms with Gasteiger partial charge in [-0.3, -0.25) is 9.78 Å². The van der Waals surface area contributed by atoms with Crippen LogP contribution in [0.2, 0.25) is 0 Å². The Bertz CT molecular complexity index is 1000. The highest BCUT2D eigenvalue weighted by Crippen LogP contribution is 2.28. The average molecular weight is 485 g/mol. The second kappa shape index (κ2) is 10.6. The van der Waals surface area contributed by atoms with Crippen molar-refractivity contribution in [2.45, 2.75) is 57.4 Å². The summed E-state index contributed by atoms with van der Waals surface area (Å²) in [6.45, 7) is 6.16. The zero-order valence-corrected chi connectivity index (χ0v) is 20.3. The molecule has 2 aromatic heterocycles. The Hall–Kier alpha value is -2.20. The zero-order valence-electron chi connectivity index (χ0n) is 18.7. The van der Waals surface area contributed by atoms with Crippen molar-refractivity contribution in [3.8, 4) is 0 Å². The number of hydrogen-bond acceptors (Lipinski definition) is 8. The maximum Gasteiger partial charge on any atom is 0.352 e. The zero-order chi connectivity index (χ0) is 24.0. The monoisotopic (exact) mass is 484 g/mol. The molecule has 2 rings (SSSR count). The summed E-state index contributed by atoms with van der Waals surface area (Å²) in [5, 5.41) is 1.55. The fourth-order valence-corrected chi connectivity index (χ4v) is 5.05. The number of ether oxygens (including phenoxy) is 1. The topological polar surface area (TPSA) is 103 Å². The van der Waals surface area contributed by atoms with Gasteiger partial charge in [-0.25, -0.2) is 22.6 Å². The number of nitrogens with zero attached hydrogens (tertiary/aromatic N) is 2. The van der Waals surface area contributed by atoms with Gasteiger partial charge >= 0.3 is 5.97 Å². The summed E-state index contributed by atoms with van der Waals surface area (Å²) in [6.07, 6.45) is 2.36. The van der Waals surface area contributed by atoms with Crippen molar-refractivity contribution < 1.29 is 27.1 Å². The Morgan fingerprint density at radius 1 is 1.22 bits per heavy atom. The molecule has 0 aromatic carbocycles. The first-order chi connectivity index (χ1) is 14.9. The highest BCUT2D eigenvalue weighted by molar-refractivity contribution is 7.92. The summed E-state index contributed by atoms with van der Waals surface area (Å²) >= 11 is 1.22. The number of esters is 1. The quantitative estimate of drug-likeness (QED) is 0.356. The van der Waals surface area contributed by atoms with E-state index in [0.29, 0.717) is 0 Å². The van der Waals surface area contributed by atoms with E-state index >= 15 is 4.39 Å². The van der Waals surface area contributed by atoms with E-state index in [1.54, 1.807) is 50.7 Å². The van der Waals surface area contributed by atoms with Gasteiger partial charge < -0.3 is 4.74 Å². The van der Waals surface area contributed by atoms with E-state index in [1.807, 2.05) is 0 Å². The molecule has 0 bridgehead atoms. The van der Waals surface area contributed by atoms with Crippen molar-refractivity contribution in [1.29, 1.82) is 0 Å². The van der Waals surface area contributed by atoms with Crippen molar-refractivity contribution in [3.63, 3.8) is 0 Å². The van der Waals surface area contributed by atoms with Crippen LogP contribution in [0.5, 0.6) is 0 Å².